The van der Waals surface area contributed by atoms with Crippen molar-refractivity contribution >= 4 is 11.6 Å². The van der Waals surface area contributed by atoms with Gasteiger partial charge in [0, 0.05) is 17.0 Å². The Bertz CT molecular complexity index is 452. The lowest BCUT2D eigenvalue weighted by atomic mass is 10.2. The molecule has 0 atom stereocenters. The van der Waals surface area contributed by atoms with Gasteiger partial charge >= 0.3 is 0 Å². The number of nitrogens with zero attached hydrogens (tertiary/aromatic N) is 2. The summed E-state index contributed by atoms with van der Waals surface area (Å²) in [5, 5.41) is 7.61. The third-order valence-electron chi connectivity index (χ3n) is 2.00. The SMILES string of the molecule is NCCc1nc(-c2cccc(Cl)c2)n[nH]1. The van der Waals surface area contributed by atoms with Crippen molar-refractivity contribution in [3.05, 3.63) is 35.1 Å². The van der Waals surface area contributed by atoms with Crippen LogP contribution in [0.4, 0.5) is 0 Å². The van der Waals surface area contributed by atoms with Crippen LogP contribution in [-0.2, 0) is 6.42 Å². The standard InChI is InChI=1S/C10H11ClN4/c11-8-3-1-2-7(6-8)10-13-9(4-5-12)14-15-10/h1-3,6H,4-5,12H2,(H,13,14,15). The number of aromatic nitrogens is 3. The number of nitrogens with one attached hydrogen (secondary N) is 1. The second-order valence-corrected chi connectivity index (χ2v) is 3.59. The first-order chi connectivity index (χ1) is 7.29. The van der Waals surface area contributed by atoms with Crippen molar-refractivity contribution in [3.8, 4) is 11.4 Å². The highest BCUT2D eigenvalue weighted by Gasteiger charge is 2.05. The van der Waals surface area contributed by atoms with Gasteiger partial charge in [0.05, 0.1) is 0 Å². The highest BCUT2D eigenvalue weighted by molar-refractivity contribution is 6.30. The van der Waals surface area contributed by atoms with Gasteiger partial charge in [-0.1, -0.05) is 23.7 Å². The quantitative estimate of drug-likeness (QED) is 0.830. The van der Waals surface area contributed by atoms with Crippen molar-refractivity contribution in [1.29, 1.82) is 0 Å². The zero-order chi connectivity index (χ0) is 10.7. The fourth-order valence-corrected chi connectivity index (χ4v) is 1.49. The van der Waals surface area contributed by atoms with Crippen LogP contribution in [0.25, 0.3) is 11.4 Å². The van der Waals surface area contributed by atoms with Crippen molar-refractivity contribution in [2.45, 2.75) is 6.42 Å². The molecule has 0 aliphatic carbocycles. The Labute approximate surface area is 92.5 Å². The molecule has 0 spiro atoms. The van der Waals surface area contributed by atoms with E-state index in [0.717, 1.165) is 11.4 Å². The van der Waals surface area contributed by atoms with Crippen molar-refractivity contribution in [2.75, 3.05) is 6.54 Å². The molecule has 1 heterocycles. The number of aromatic amines is 1. The number of benzene rings is 1. The molecular weight excluding hydrogens is 212 g/mol. The van der Waals surface area contributed by atoms with Gasteiger partial charge in [-0.25, -0.2) is 4.98 Å². The first kappa shape index (κ1) is 10.1. The Hall–Kier alpha value is -1.39. The number of rotatable bonds is 3. The van der Waals surface area contributed by atoms with Crippen LogP contribution in [0.2, 0.25) is 5.02 Å². The molecule has 2 aromatic rings. The molecular formula is C10H11ClN4. The van der Waals surface area contributed by atoms with Crippen LogP contribution in [0.5, 0.6) is 0 Å². The third kappa shape index (κ3) is 2.34. The molecule has 0 unspecified atom stereocenters. The second kappa shape index (κ2) is 4.42. The lowest BCUT2D eigenvalue weighted by Gasteiger charge is -1.94. The van der Waals surface area contributed by atoms with Crippen LogP contribution in [0.1, 0.15) is 5.82 Å². The Morgan fingerprint density at radius 3 is 3.00 bits per heavy atom. The molecule has 1 aromatic heterocycles. The molecule has 78 valence electrons. The van der Waals surface area contributed by atoms with Gasteiger partial charge in [0.2, 0.25) is 0 Å². The van der Waals surface area contributed by atoms with E-state index >= 15 is 0 Å². The molecule has 3 N–H and O–H groups in total. The molecule has 1 aromatic carbocycles. The molecule has 0 amide bonds. The minimum atomic E-state index is 0.560. The Kier molecular flexibility index (Phi) is 2.99. The van der Waals surface area contributed by atoms with E-state index in [1.54, 1.807) is 0 Å². The summed E-state index contributed by atoms with van der Waals surface area (Å²) < 4.78 is 0. The van der Waals surface area contributed by atoms with Gasteiger partial charge in [-0.15, -0.1) is 0 Å². The van der Waals surface area contributed by atoms with Crippen LogP contribution < -0.4 is 5.73 Å². The predicted octanol–water partition coefficient (Wildman–Crippen LogP) is 1.63. The summed E-state index contributed by atoms with van der Waals surface area (Å²) in [5.41, 5.74) is 6.33. The van der Waals surface area contributed by atoms with Gasteiger partial charge in [-0.3, -0.25) is 5.10 Å². The molecule has 0 aliphatic heterocycles. The molecule has 0 saturated carbocycles. The van der Waals surface area contributed by atoms with Gasteiger partial charge < -0.3 is 5.73 Å². The fraction of sp³-hybridized carbons (Fsp3) is 0.200. The summed E-state index contributed by atoms with van der Waals surface area (Å²) in [4.78, 5) is 4.31. The monoisotopic (exact) mass is 222 g/mol. The van der Waals surface area contributed by atoms with E-state index < -0.39 is 0 Å². The zero-order valence-electron chi connectivity index (χ0n) is 8.07. The van der Waals surface area contributed by atoms with E-state index in [2.05, 4.69) is 15.2 Å². The van der Waals surface area contributed by atoms with E-state index in [1.165, 1.54) is 0 Å². The largest absolute Gasteiger partial charge is 0.330 e. The maximum absolute atomic E-state index is 5.88. The van der Waals surface area contributed by atoms with Crippen LogP contribution in [0.15, 0.2) is 24.3 Å². The van der Waals surface area contributed by atoms with E-state index in [4.69, 9.17) is 17.3 Å². The summed E-state index contributed by atoms with van der Waals surface area (Å²) in [6.07, 6.45) is 0.702. The van der Waals surface area contributed by atoms with Crippen LogP contribution >= 0.6 is 11.6 Å². The smallest absolute Gasteiger partial charge is 0.181 e. The third-order valence-corrected chi connectivity index (χ3v) is 2.23. The lowest BCUT2D eigenvalue weighted by Crippen LogP contribution is -2.03. The number of H-pyrrole nitrogens is 1. The van der Waals surface area contributed by atoms with Crippen LogP contribution in [-0.4, -0.2) is 21.7 Å². The van der Waals surface area contributed by atoms with E-state index in [9.17, 15) is 0 Å². The van der Waals surface area contributed by atoms with Crippen molar-refractivity contribution in [1.82, 2.24) is 15.2 Å². The Morgan fingerprint density at radius 1 is 1.40 bits per heavy atom. The summed E-state index contributed by atoms with van der Waals surface area (Å²) >= 11 is 5.88. The van der Waals surface area contributed by atoms with E-state index in [-0.39, 0.29) is 0 Å². The van der Waals surface area contributed by atoms with Crippen molar-refractivity contribution in [2.24, 2.45) is 5.73 Å². The van der Waals surface area contributed by atoms with Gasteiger partial charge in [-0.2, -0.15) is 5.10 Å². The normalized spacial score (nSPS) is 10.5. The summed E-state index contributed by atoms with van der Waals surface area (Å²) in [6, 6.07) is 7.44. The van der Waals surface area contributed by atoms with Gasteiger partial charge in [0.25, 0.3) is 0 Å². The topological polar surface area (TPSA) is 67.6 Å². The van der Waals surface area contributed by atoms with Gasteiger partial charge in [0.15, 0.2) is 5.82 Å². The summed E-state index contributed by atoms with van der Waals surface area (Å²) in [6.45, 7) is 0.560. The average Bonchev–Trinajstić information content (AvgIpc) is 2.67. The number of hydrogen-bond acceptors (Lipinski definition) is 3. The van der Waals surface area contributed by atoms with Crippen molar-refractivity contribution < 1.29 is 0 Å². The molecule has 0 radical (unpaired) electrons. The maximum atomic E-state index is 5.88. The Balaban J connectivity index is 2.29. The molecule has 4 nitrogen and oxygen atoms in total. The molecule has 5 heteroatoms. The predicted molar refractivity (Wildman–Crippen MR) is 59.6 cm³/mol. The zero-order valence-corrected chi connectivity index (χ0v) is 8.83. The average molecular weight is 223 g/mol. The Morgan fingerprint density at radius 2 is 2.27 bits per heavy atom. The van der Waals surface area contributed by atoms with Crippen LogP contribution in [0.3, 0.4) is 0 Å². The second-order valence-electron chi connectivity index (χ2n) is 3.15. The highest BCUT2D eigenvalue weighted by atomic mass is 35.5. The lowest BCUT2D eigenvalue weighted by molar-refractivity contribution is 0.874. The first-order valence-corrected chi connectivity index (χ1v) is 5.04. The minimum absolute atomic E-state index is 0.560. The van der Waals surface area contributed by atoms with Crippen LogP contribution in [0, 0.1) is 0 Å². The fourth-order valence-electron chi connectivity index (χ4n) is 1.30. The molecule has 0 aliphatic rings. The number of halogens is 1. The van der Waals surface area contributed by atoms with Gasteiger partial charge in [0.1, 0.15) is 5.82 Å². The number of hydrogen-bond donors (Lipinski definition) is 2. The van der Waals surface area contributed by atoms with E-state index in [1.807, 2.05) is 24.3 Å². The summed E-state index contributed by atoms with van der Waals surface area (Å²) in [7, 11) is 0. The molecule has 15 heavy (non-hydrogen) atoms. The molecule has 0 bridgehead atoms. The highest BCUT2D eigenvalue weighted by Crippen LogP contribution is 2.18. The molecule has 2 rings (SSSR count). The first-order valence-electron chi connectivity index (χ1n) is 4.67. The van der Waals surface area contributed by atoms with E-state index in [0.29, 0.717) is 23.8 Å². The number of nitrogens with two attached hydrogens (primary N) is 1. The molecule has 0 fully saturated rings. The minimum Gasteiger partial charge on any atom is -0.330 e. The molecule has 0 saturated heterocycles. The van der Waals surface area contributed by atoms with Crippen molar-refractivity contribution in [3.63, 3.8) is 0 Å². The maximum Gasteiger partial charge on any atom is 0.181 e. The van der Waals surface area contributed by atoms with Gasteiger partial charge in [-0.05, 0) is 18.7 Å². The summed E-state index contributed by atoms with van der Waals surface area (Å²) in [5.74, 6) is 1.45.